The van der Waals surface area contributed by atoms with E-state index >= 15 is 0 Å². The van der Waals surface area contributed by atoms with E-state index in [1.807, 2.05) is 6.92 Å². The van der Waals surface area contributed by atoms with E-state index in [1.54, 1.807) is 31.4 Å². The highest BCUT2D eigenvalue weighted by atomic mass is 32.2. The van der Waals surface area contributed by atoms with Crippen LogP contribution in [0.3, 0.4) is 0 Å². The minimum absolute atomic E-state index is 0.136. The van der Waals surface area contributed by atoms with Gasteiger partial charge < -0.3 is 14.8 Å². The zero-order valence-corrected chi connectivity index (χ0v) is 17.7. The van der Waals surface area contributed by atoms with Gasteiger partial charge in [0, 0.05) is 18.7 Å². The predicted octanol–water partition coefficient (Wildman–Crippen LogP) is 3.44. The predicted molar refractivity (Wildman–Crippen MR) is 111 cm³/mol. The summed E-state index contributed by atoms with van der Waals surface area (Å²) in [6, 6.07) is 9.64. The summed E-state index contributed by atoms with van der Waals surface area (Å²) in [6.07, 6.45) is 2.75. The number of sulfonamides is 1. The van der Waals surface area contributed by atoms with E-state index in [2.05, 4.69) is 5.32 Å². The molecule has 1 amide bonds. The number of benzene rings is 2. The van der Waals surface area contributed by atoms with Crippen molar-refractivity contribution in [3.05, 3.63) is 47.5 Å². The number of carbonyl (C=O) groups is 1. The van der Waals surface area contributed by atoms with Crippen molar-refractivity contribution in [1.29, 1.82) is 0 Å². The number of nitrogens with zero attached hydrogens (tertiary/aromatic N) is 1. The second kappa shape index (κ2) is 8.84. The largest absolute Gasteiger partial charge is 0.496 e. The number of anilines is 1. The molecule has 29 heavy (non-hydrogen) atoms. The fraction of sp³-hybridized carbons (Fsp3) is 0.381. The summed E-state index contributed by atoms with van der Waals surface area (Å²) in [4.78, 5) is 12.9. The highest BCUT2D eigenvalue weighted by Crippen LogP contribution is 2.30. The van der Waals surface area contributed by atoms with Gasteiger partial charge in [0.25, 0.3) is 5.91 Å². The maximum atomic E-state index is 13.0. The summed E-state index contributed by atoms with van der Waals surface area (Å²) in [5, 5.41) is 2.76. The second-order valence-electron chi connectivity index (χ2n) is 6.97. The highest BCUT2D eigenvalue weighted by molar-refractivity contribution is 7.89. The Bertz CT molecular complexity index is 998. The van der Waals surface area contributed by atoms with Crippen LogP contribution in [0.2, 0.25) is 0 Å². The molecular formula is C21H26N2O5S. The standard InChI is InChI=1S/C21H26N2O5S/c1-15-7-8-16(13-20(15)28-3)21(24)22-18-14-17(9-10-19(18)27-2)29(25,26)23-11-5-4-6-12-23/h7-10,13-14H,4-6,11-12H2,1-3H3,(H,22,24). The molecule has 0 aliphatic carbocycles. The monoisotopic (exact) mass is 418 g/mol. The Morgan fingerprint density at radius 3 is 2.31 bits per heavy atom. The van der Waals surface area contributed by atoms with E-state index in [0.717, 1.165) is 24.8 Å². The molecule has 2 aromatic carbocycles. The summed E-state index contributed by atoms with van der Waals surface area (Å²) in [5.74, 6) is 0.607. The summed E-state index contributed by atoms with van der Waals surface area (Å²) in [5.41, 5.74) is 1.62. The number of hydrogen-bond acceptors (Lipinski definition) is 5. The molecule has 1 N–H and O–H groups in total. The SMILES string of the molecule is COc1cc(C(=O)Nc2cc(S(=O)(=O)N3CCCCC3)ccc2OC)ccc1C. The van der Waals surface area contributed by atoms with Crippen molar-refractivity contribution in [2.45, 2.75) is 31.1 Å². The van der Waals surface area contributed by atoms with Crippen molar-refractivity contribution in [3.8, 4) is 11.5 Å². The third kappa shape index (κ3) is 4.54. The molecule has 0 unspecified atom stereocenters. The van der Waals surface area contributed by atoms with Crippen LogP contribution in [-0.2, 0) is 10.0 Å². The van der Waals surface area contributed by atoms with Crippen molar-refractivity contribution in [3.63, 3.8) is 0 Å². The van der Waals surface area contributed by atoms with Gasteiger partial charge in [-0.25, -0.2) is 8.42 Å². The van der Waals surface area contributed by atoms with E-state index < -0.39 is 10.0 Å². The highest BCUT2D eigenvalue weighted by Gasteiger charge is 2.27. The lowest BCUT2D eigenvalue weighted by Crippen LogP contribution is -2.35. The van der Waals surface area contributed by atoms with Gasteiger partial charge in [-0.15, -0.1) is 0 Å². The number of aryl methyl sites for hydroxylation is 1. The average Bonchev–Trinajstić information content (AvgIpc) is 2.74. The molecule has 1 aliphatic heterocycles. The third-order valence-corrected chi connectivity index (χ3v) is 6.94. The molecule has 0 radical (unpaired) electrons. The molecule has 8 heteroatoms. The van der Waals surface area contributed by atoms with Gasteiger partial charge in [0.2, 0.25) is 10.0 Å². The molecule has 1 fully saturated rings. The molecule has 0 aromatic heterocycles. The van der Waals surface area contributed by atoms with Crippen LogP contribution in [0.4, 0.5) is 5.69 Å². The number of piperidine rings is 1. The number of rotatable bonds is 6. The molecule has 0 atom stereocenters. The fourth-order valence-electron chi connectivity index (χ4n) is 3.36. The molecule has 0 spiro atoms. The van der Waals surface area contributed by atoms with Gasteiger partial charge in [0.15, 0.2) is 0 Å². The Labute approximate surface area is 171 Å². The molecular weight excluding hydrogens is 392 g/mol. The summed E-state index contributed by atoms with van der Waals surface area (Å²) < 4.78 is 38.0. The van der Waals surface area contributed by atoms with Crippen LogP contribution in [0.15, 0.2) is 41.3 Å². The lowest BCUT2D eigenvalue weighted by Gasteiger charge is -2.26. The van der Waals surface area contributed by atoms with Crippen molar-refractivity contribution < 1.29 is 22.7 Å². The van der Waals surface area contributed by atoms with Crippen LogP contribution in [-0.4, -0.2) is 45.9 Å². The van der Waals surface area contributed by atoms with Crippen molar-refractivity contribution >= 4 is 21.6 Å². The zero-order chi connectivity index (χ0) is 21.0. The van der Waals surface area contributed by atoms with Crippen LogP contribution in [0, 0.1) is 6.92 Å². The van der Waals surface area contributed by atoms with Gasteiger partial charge in [0.05, 0.1) is 24.8 Å². The Balaban J connectivity index is 1.90. The summed E-state index contributed by atoms with van der Waals surface area (Å²) in [6.45, 7) is 2.91. The van der Waals surface area contributed by atoms with E-state index in [1.165, 1.54) is 23.5 Å². The smallest absolute Gasteiger partial charge is 0.255 e. The zero-order valence-electron chi connectivity index (χ0n) is 16.9. The molecule has 0 bridgehead atoms. The molecule has 1 saturated heterocycles. The van der Waals surface area contributed by atoms with Gasteiger partial charge in [0.1, 0.15) is 11.5 Å². The molecule has 156 valence electrons. The lowest BCUT2D eigenvalue weighted by atomic mass is 10.1. The Morgan fingerprint density at radius 1 is 0.966 bits per heavy atom. The summed E-state index contributed by atoms with van der Waals surface area (Å²) in [7, 11) is -0.605. The Morgan fingerprint density at radius 2 is 1.66 bits per heavy atom. The van der Waals surface area contributed by atoms with Crippen molar-refractivity contribution in [2.75, 3.05) is 32.6 Å². The topological polar surface area (TPSA) is 84.9 Å². The van der Waals surface area contributed by atoms with Crippen LogP contribution in [0.25, 0.3) is 0 Å². The minimum atomic E-state index is -3.62. The Hall–Kier alpha value is -2.58. The molecule has 2 aromatic rings. The number of amides is 1. The normalized spacial score (nSPS) is 15.0. The van der Waals surface area contributed by atoms with Gasteiger partial charge in [-0.2, -0.15) is 4.31 Å². The number of carbonyl (C=O) groups excluding carboxylic acids is 1. The molecule has 1 aliphatic rings. The van der Waals surface area contributed by atoms with Crippen molar-refractivity contribution in [2.24, 2.45) is 0 Å². The van der Waals surface area contributed by atoms with Crippen LogP contribution in [0.5, 0.6) is 11.5 Å². The van der Waals surface area contributed by atoms with Crippen LogP contribution < -0.4 is 14.8 Å². The van der Waals surface area contributed by atoms with E-state index in [0.29, 0.717) is 35.8 Å². The molecule has 0 saturated carbocycles. The number of hydrogen-bond donors (Lipinski definition) is 1. The van der Waals surface area contributed by atoms with E-state index in [9.17, 15) is 13.2 Å². The van der Waals surface area contributed by atoms with E-state index in [-0.39, 0.29) is 10.8 Å². The van der Waals surface area contributed by atoms with E-state index in [4.69, 9.17) is 9.47 Å². The minimum Gasteiger partial charge on any atom is -0.496 e. The first-order chi connectivity index (χ1) is 13.9. The average molecular weight is 419 g/mol. The van der Waals surface area contributed by atoms with Gasteiger partial charge in [-0.1, -0.05) is 12.5 Å². The van der Waals surface area contributed by atoms with Gasteiger partial charge >= 0.3 is 0 Å². The third-order valence-electron chi connectivity index (χ3n) is 5.04. The first-order valence-electron chi connectivity index (χ1n) is 9.51. The first-order valence-corrected chi connectivity index (χ1v) is 10.9. The fourth-order valence-corrected chi connectivity index (χ4v) is 4.90. The first kappa shape index (κ1) is 21.1. The van der Waals surface area contributed by atoms with Gasteiger partial charge in [-0.3, -0.25) is 4.79 Å². The second-order valence-corrected chi connectivity index (χ2v) is 8.90. The number of ether oxygens (including phenoxy) is 2. The van der Waals surface area contributed by atoms with Crippen LogP contribution >= 0.6 is 0 Å². The molecule has 3 rings (SSSR count). The van der Waals surface area contributed by atoms with Crippen LogP contribution in [0.1, 0.15) is 35.2 Å². The lowest BCUT2D eigenvalue weighted by molar-refractivity contribution is 0.102. The summed E-state index contributed by atoms with van der Waals surface area (Å²) >= 11 is 0. The number of nitrogens with one attached hydrogen (secondary N) is 1. The maximum absolute atomic E-state index is 13.0. The Kier molecular flexibility index (Phi) is 6.44. The van der Waals surface area contributed by atoms with Gasteiger partial charge in [-0.05, 0) is 55.7 Å². The molecule has 1 heterocycles. The quantitative estimate of drug-likeness (QED) is 0.777. The number of methoxy groups -OCH3 is 2. The maximum Gasteiger partial charge on any atom is 0.255 e. The van der Waals surface area contributed by atoms with Crippen molar-refractivity contribution in [1.82, 2.24) is 4.31 Å². The molecule has 7 nitrogen and oxygen atoms in total.